The molecule has 5 heteroatoms. The molecule has 1 aromatic carbocycles. The normalized spacial score (nSPS) is 11.5. The second-order valence-electron chi connectivity index (χ2n) is 4.27. The van der Waals surface area contributed by atoms with Crippen molar-refractivity contribution < 1.29 is 15.0 Å². The van der Waals surface area contributed by atoms with Gasteiger partial charge in [-0.1, -0.05) is 11.6 Å². The number of hydrogen-bond donors (Lipinski definition) is 3. The van der Waals surface area contributed by atoms with Crippen LogP contribution in [0.5, 0.6) is 5.75 Å². The van der Waals surface area contributed by atoms with Gasteiger partial charge in [0.15, 0.2) is 0 Å². The number of carboxylic acid groups (broad SMARTS) is 1. The number of aryl methyl sites for hydroxylation is 1. The summed E-state index contributed by atoms with van der Waals surface area (Å²) in [5.74, 6) is -1.13. The Kier molecular flexibility index (Phi) is 5.88. The van der Waals surface area contributed by atoms with Crippen LogP contribution < -0.4 is 5.73 Å². The van der Waals surface area contributed by atoms with Crippen LogP contribution in [0, 0.1) is 6.92 Å². The molecule has 0 saturated heterocycles. The summed E-state index contributed by atoms with van der Waals surface area (Å²) in [6, 6.07) is 2.47. The fourth-order valence-electron chi connectivity index (χ4n) is 1.76. The predicted molar refractivity (Wildman–Crippen MR) is 73.4 cm³/mol. The van der Waals surface area contributed by atoms with Gasteiger partial charge in [0.25, 0.3) is 0 Å². The number of phenolic OH excluding ortho intramolecular Hbond substituents is 1. The van der Waals surface area contributed by atoms with E-state index in [2.05, 4.69) is 6.58 Å². The van der Waals surface area contributed by atoms with E-state index in [0.717, 1.165) is 5.57 Å². The standard InChI is InChI=1S/C13H17NO3.ClH/c1-7(2)6-10(14)11-9(13(16)17)5-4-8(3)12(11)15;/h4-5,10,15H,1,6,14H2,2-3H3,(H,16,17);1H/t10-;/m1./s1. The minimum absolute atomic E-state index is 0. The zero-order chi connectivity index (χ0) is 13.2. The summed E-state index contributed by atoms with van der Waals surface area (Å²) in [7, 11) is 0. The number of halogens is 1. The Morgan fingerprint density at radius 3 is 2.50 bits per heavy atom. The summed E-state index contributed by atoms with van der Waals surface area (Å²) in [6.45, 7) is 7.26. The van der Waals surface area contributed by atoms with Gasteiger partial charge in [0.2, 0.25) is 0 Å². The van der Waals surface area contributed by atoms with Crippen LogP contribution in [-0.4, -0.2) is 16.2 Å². The smallest absolute Gasteiger partial charge is 0.336 e. The molecule has 0 unspecified atom stereocenters. The SMILES string of the molecule is C=C(C)C[C@@H](N)c1c(C(=O)O)ccc(C)c1O.Cl. The second kappa shape index (κ2) is 6.42. The number of rotatable bonds is 4. The highest BCUT2D eigenvalue weighted by Gasteiger charge is 2.21. The van der Waals surface area contributed by atoms with Gasteiger partial charge in [-0.15, -0.1) is 19.0 Å². The van der Waals surface area contributed by atoms with Crippen molar-refractivity contribution in [2.24, 2.45) is 5.73 Å². The van der Waals surface area contributed by atoms with E-state index in [-0.39, 0.29) is 29.3 Å². The number of aromatic hydroxyl groups is 1. The van der Waals surface area contributed by atoms with E-state index < -0.39 is 12.0 Å². The summed E-state index contributed by atoms with van der Waals surface area (Å²) in [5.41, 5.74) is 7.70. The van der Waals surface area contributed by atoms with Crippen LogP contribution in [0.3, 0.4) is 0 Å². The van der Waals surface area contributed by atoms with E-state index in [0.29, 0.717) is 12.0 Å². The van der Waals surface area contributed by atoms with Gasteiger partial charge in [-0.05, 0) is 31.9 Å². The van der Waals surface area contributed by atoms with Gasteiger partial charge in [-0.3, -0.25) is 0 Å². The van der Waals surface area contributed by atoms with E-state index in [1.54, 1.807) is 13.0 Å². The van der Waals surface area contributed by atoms with Crippen LogP contribution in [0.1, 0.15) is 40.9 Å². The maximum Gasteiger partial charge on any atom is 0.336 e. The molecular weight excluding hydrogens is 254 g/mol. The van der Waals surface area contributed by atoms with E-state index in [9.17, 15) is 9.90 Å². The minimum Gasteiger partial charge on any atom is -0.507 e. The Morgan fingerprint density at radius 2 is 2.06 bits per heavy atom. The van der Waals surface area contributed by atoms with E-state index in [4.69, 9.17) is 10.8 Å². The second-order valence-corrected chi connectivity index (χ2v) is 4.27. The molecule has 4 nitrogen and oxygen atoms in total. The van der Waals surface area contributed by atoms with E-state index in [1.165, 1.54) is 6.07 Å². The number of hydrogen-bond acceptors (Lipinski definition) is 3. The molecule has 0 saturated carbocycles. The first-order valence-electron chi connectivity index (χ1n) is 5.30. The van der Waals surface area contributed by atoms with Crippen LogP contribution >= 0.6 is 12.4 Å². The van der Waals surface area contributed by atoms with E-state index in [1.807, 2.05) is 6.92 Å². The van der Waals surface area contributed by atoms with Crippen molar-refractivity contribution in [3.8, 4) is 5.75 Å². The summed E-state index contributed by atoms with van der Waals surface area (Å²) < 4.78 is 0. The number of benzene rings is 1. The predicted octanol–water partition coefficient (Wildman–Crippen LogP) is 2.79. The lowest BCUT2D eigenvalue weighted by Crippen LogP contribution is -2.16. The summed E-state index contributed by atoms with van der Waals surface area (Å²) in [6.07, 6.45) is 0.442. The molecule has 18 heavy (non-hydrogen) atoms. The molecule has 1 rings (SSSR count). The van der Waals surface area contributed by atoms with Crippen LogP contribution in [0.25, 0.3) is 0 Å². The van der Waals surface area contributed by atoms with Gasteiger partial charge in [-0.2, -0.15) is 0 Å². The monoisotopic (exact) mass is 271 g/mol. The number of carboxylic acids is 1. The molecule has 100 valence electrons. The summed E-state index contributed by atoms with van der Waals surface area (Å²) in [4.78, 5) is 11.1. The Hall–Kier alpha value is -1.52. The Balaban J connectivity index is 0.00000289. The lowest BCUT2D eigenvalue weighted by Gasteiger charge is -2.17. The Morgan fingerprint density at radius 1 is 1.50 bits per heavy atom. The fraction of sp³-hybridized carbons (Fsp3) is 0.308. The first kappa shape index (κ1) is 16.5. The number of carbonyl (C=O) groups is 1. The molecule has 0 amide bonds. The highest BCUT2D eigenvalue weighted by molar-refractivity contribution is 5.90. The maximum absolute atomic E-state index is 11.1. The quantitative estimate of drug-likeness (QED) is 0.735. The molecule has 0 bridgehead atoms. The van der Waals surface area contributed by atoms with Crippen molar-refractivity contribution in [2.45, 2.75) is 26.3 Å². The molecule has 0 fully saturated rings. The molecule has 0 aliphatic heterocycles. The molecular formula is C13H18ClNO3. The topological polar surface area (TPSA) is 83.6 Å². The summed E-state index contributed by atoms with van der Waals surface area (Å²) >= 11 is 0. The maximum atomic E-state index is 11.1. The molecule has 1 aromatic rings. The van der Waals surface area contributed by atoms with Crippen molar-refractivity contribution in [1.29, 1.82) is 0 Å². The molecule has 4 N–H and O–H groups in total. The van der Waals surface area contributed by atoms with Gasteiger partial charge in [0, 0.05) is 11.6 Å². The largest absolute Gasteiger partial charge is 0.507 e. The van der Waals surface area contributed by atoms with Crippen LogP contribution in [-0.2, 0) is 0 Å². The van der Waals surface area contributed by atoms with Gasteiger partial charge < -0.3 is 15.9 Å². The number of nitrogens with two attached hydrogens (primary N) is 1. The molecule has 0 aromatic heterocycles. The van der Waals surface area contributed by atoms with Crippen molar-refractivity contribution in [3.63, 3.8) is 0 Å². The zero-order valence-corrected chi connectivity index (χ0v) is 11.3. The highest BCUT2D eigenvalue weighted by Crippen LogP contribution is 2.32. The van der Waals surface area contributed by atoms with E-state index >= 15 is 0 Å². The third-order valence-electron chi connectivity index (χ3n) is 2.59. The lowest BCUT2D eigenvalue weighted by atomic mass is 9.93. The first-order valence-corrected chi connectivity index (χ1v) is 5.30. The Labute approximate surface area is 113 Å². The fourth-order valence-corrected chi connectivity index (χ4v) is 1.76. The van der Waals surface area contributed by atoms with Crippen LogP contribution in [0.15, 0.2) is 24.3 Å². The molecule has 0 spiro atoms. The third kappa shape index (κ3) is 3.48. The van der Waals surface area contributed by atoms with Crippen LogP contribution in [0.4, 0.5) is 0 Å². The van der Waals surface area contributed by atoms with Crippen LogP contribution in [0.2, 0.25) is 0 Å². The van der Waals surface area contributed by atoms with Gasteiger partial charge in [0.1, 0.15) is 5.75 Å². The van der Waals surface area contributed by atoms with Crippen molar-refractivity contribution >= 4 is 18.4 Å². The number of phenols is 1. The molecule has 0 radical (unpaired) electrons. The average Bonchev–Trinajstić information content (AvgIpc) is 2.20. The molecule has 0 aliphatic carbocycles. The van der Waals surface area contributed by atoms with Crippen molar-refractivity contribution in [2.75, 3.05) is 0 Å². The van der Waals surface area contributed by atoms with Crippen molar-refractivity contribution in [3.05, 3.63) is 41.0 Å². The van der Waals surface area contributed by atoms with Gasteiger partial charge in [0.05, 0.1) is 5.56 Å². The first-order chi connectivity index (χ1) is 7.84. The highest BCUT2D eigenvalue weighted by atomic mass is 35.5. The molecule has 0 aliphatic rings. The van der Waals surface area contributed by atoms with Gasteiger partial charge >= 0.3 is 5.97 Å². The molecule has 0 heterocycles. The van der Waals surface area contributed by atoms with Crippen molar-refractivity contribution in [1.82, 2.24) is 0 Å². The van der Waals surface area contributed by atoms with Gasteiger partial charge in [-0.25, -0.2) is 4.79 Å². The average molecular weight is 272 g/mol. The summed E-state index contributed by atoms with van der Waals surface area (Å²) in [5, 5.41) is 19.0. The lowest BCUT2D eigenvalue weighted by molar-refractivity contribution is 0.0694. The zero-order valence-electron chi connectivity index (χ0n) is 10.4. The number of aromatic carboxylic acids is 1. The third-order valence-corrected chi connectivity index (χ3v) is 2.59. The Bertz CT molecular complexity index is 472. The molecule has 1 atom stereocenters. The minimum atomic E-state index is -1.09.